The molecule has 8 heteroatoms. The van der Waals surface area contributed by atoms with Gasteiger partial charge < -0.3 is 10.0 Å². The average molecular weight is 460 g/mol. The Morgan fingerprint density at radius 2 is 1.84 bits per heavy atom. The highest BCUT2D eigenvalue weighted by molar-refractivity contribution is 7.99. The second-order valence-electron chi connectivity index (χ2n) is 8.15. The summed E-state index contributed by atoms with van der Waals surface area (Å²) in [6, 6.07) is 13.6. The Bertz CT molecular complexity index is 1100. The van der Waals surface area contributed by atoms with E-state index in [9.17, 15) is 18.3 Å². The molecule has 3 aromatic rings. The molecule has 0 spiro atoms. The summed E-state index contributed by atoms with van der Waals surface area (Å²) in [7, 11) is 0. The lowest BCUT2D eigenvalue weighted by atomic mass is 10.0. The summed E-state index contributed by atoms with van der Waals surface area (Å²) in [4.78, 5) is 11.3. The van der Waals surface area contributed by atoms with E-state index in [0.29, 0.717) is 36.6 Å². The molecule has 0 saturated carbocycles. The minimum atomic E-state index is -4.50. The quantitative estimate of drug-likeness (QED) is 0.507. The summed E-state index contributed by atoms with van der Waals surface area (Å²) in [5.74, 6) is 0.806. The van der Waals surface area contributed by atoms with Gasteiger partial charge >= 0.3 is 6.18 Å². The summed E-state index contributed by atoms with van der Waals surface area (Å²) in [5.41, 5.74) is 1.13. The SMILES string of the molecule is CC(C)c1ccccc1Sc1ccc(-c2cc(N3CC[C@@H](O)C3)ncn2)cc1C(F)(F)F. The van der Waals surface area contributed by atoms with Gasteiger partial charge in [-0.15, -0.1) is 0 Å². The first-order chi connectivity index (χ1) is 15.2. The van der Waals surface area contributed by atoms with Crippen LogP contribution in [0.3, 0.4) is 0 Å². The number of benzene rings is 2. The number of aliphatic hydroxyl groups excluding tert-OH is 1. The van der Waals surface area contributed by atoms with Crippen LogP contribution in [0.15, 0.2) is 64.6 Å². The van der Waals surface area contributed by atoms with Gasteiger partial charge in [0.25, 0.3) is 0 Å². The Morgan fingerprint density at radius 1 is 1.06 bits per heavy atom. The number of rotatable bonds is 5. The van der Waals surface area contributed by atoms with Crippen molar-refractivity contribution >= 4 is 17.6 Å². The topological polar surface area (TPSA) is 49.2 Å². The molecule has 1 aromatic heterocycles. The number of β-amino-alcohol motifs (C(OH)–C–C–N with tert-alkyl or cyclic N) is 1. The highest BCUT2D eigenvalue weighted by Gasteiger charge is 2.34. The first-order valence-electron chi connectivity index (χ1n) is 10.5. The van der Waals surface area contributed by atoms with Gasteiger partial charge in [-0.1, -0.05) is 49.9 Å². The fourth-order valence-electron chi connectivity index (χ4n) is 3.80. The van der Waals surface area contributed by atoms with Crippen molar-refractivity contribution in [2.75, 3.05) is 18.0 Å². The smallest absolute Gasteiger partial charge is 0.391 e. The van der Waals surface area contributed by atoms with Crippen LogP contribution in [0.2, 0.25) is 0 Å². The normalized spacial score (nSPS) is 16.7. The Balaban J connectivity index is 1.70. The zero-order chi connectivity index (χ0) is 22.9. The van der Waals surface area contributed by atoms with Crippen molar-refractivity contribution in [2.45, 2.75) is 48.3 Å². The maximum absolute atomic E-state index is 14.0. The van der Waals surface area contributed by atoms with Crippen LogP contribution in [0.4, 0.5) is 19.0 Å². The second-order valence-corrected chi connectivity index (χ2v) is 9.24. The molecule has 0 amide bonds. The van der Waals surface area contributed by atoms with E-state index in [4.69, 9.17) is 0 Å². The van der Waals surface area contributed by atoms with Gasteiger partial charge in [0.2, 0.25) is 0 Å². The molecule has 0 aliphatic carbocycles. The van der Waals surface area contributed by atoms with Crippen LogP contribution in [0.1, 0.15) is 37.3 Å². The summed E-state index contributed by atoms with van der Waals surface area (Å²) in [6.07, 6.45) is -2.93. The van der Waals surface area contributed by atoms with Gasteiger partial charge in [0.1, 0.15) is 12.1 Å². The molecule has 1 N–H and O–H groups in total. The van der Waals surface area contributed by atoms with Gasteiger partial charge in [0.15, 0.2) is 0 Å². The van der Waals surface area contributed by atoms with E-state index in [1.54, 1.807) is 12.1 Å². The molecule has 4 nitrogen and oxygen atoms in total. The Morgan fingerprint density at radius 3 is 2.53 bits per heavy atom. The molecule has 1 saturated heterocycles. The molecule has 1 aliphatic rings. The minimum Gasteiger partial charge on any atom is -0.391 e. The van der Waals surface area contributed by atoms with E-state index in [1.807, 2.05) is 43.0 Å². The lowest BCUT2D eigenvalue weighted by Gasteiger charge is -2.18. The Kier molecular flexibility index (Phi) is 6.44. The third-order valence-electron chi connectivity index (χ3n) is 5.48. The summed E-state index contributed by atoms with van der Waals surface area (Å²) in [6.45, 7) is 5.16. The van der Waals surface area contributed by atoms with Gasteiger partial charge in [-0.3, -0.25) is 0 Å². The molecular formula is C24H24F3N3OS. The van der Waals surface area contributed by atoms with E-state index >= 15 is 0 Å². The van der Waals surface area contributed by atoms with Crippen LogP contribution >= 0.6 is 11.8 Å². The molecule has 1 aliphatic heterocycles. The van der Waals surface area contributed by atoms with Crippen molar-refractivity contribution in [3.63, 3.8) is 0 Å². The lowest BCUT2D eigenvalue weighted by Crippen LogP contribution is -2.22. The fraction of sp³-hybridized carbons (Fsp3) is 0.333. The number of hydrogen-bond acceptors (Lipinski definition) is 5. The van der Waals surface area contributed by atoms with Crippen LogP contribution < -0.4 is 4.90 Å². The highest BCUT2D eigenvalue weighted by Crippen LogP contribution is 2.43. The molecule has 32 heavy (non-hydrogen) atoms. The van der Waals surface area contributed by atoms with Crippen molar-refractivity contribution in [3.05, 3.63) is 66.0 Å². The minimum absolute atomic E-state index is 0.159. The van der Waals surface area contributed by atoms with Gasteiger partial charge in [0, 0.05) is 34.5 Å². The van der Waals surface area contributed by atoms with Crippen LogP contribution in [-0.2, 0) is 6.18 Å². The first-order valence-corrected chi connectivity index (χ1v) is 11.3. The van der Waals surface area contributed by atoms with Crippen molar-refractivity contribution in [2.24, 2.45) is 0 Å². The largest absolute Gasteiger partial charge is 0.417 e. The predicted molar refractivity (Wildman–Crippen MR) is 120 cm³/mol. The highest BCUT2D eigenvalue weighted by atomic mass is 32.2. The molecule has 0 unspecified atom stereocenters. The van der Waals surface area contributed by atoms with Crippen molar-refractivity contribution in [3.8, 4) is 11.3 Å². The summed E-state index contributed by atoms with van der Waals surface area (Å²) in [5, 5.41) is 9.77. The van der Waals surface area contributed by atoms with E-state index in [-0.39, 0.29) is 10.8 Å². The molecule has 0 bridgehead atoms. The van der Waals surface area contributed by atoms with Crippen molar-refractivity contribution in [1.29, 1.82) is 0 Å². The molecule has 2 heterocycles. The van der Waals surface area contributed by atoms with E-state index in [1.165, 1.54) is 12.4 Å². The first kappa shape index (κ1) is 22.6. The van der Waals surface area contributed by atoms with Gasteiger partial charge in [0.05, 0.1) is 17.4 Å². The van der Waals surface area contributed by atoms with Gasteiger partial charge in [-0.25, -0.2) is 9.97 Å². The molecule has 1 atom stereocenters. The van der Waals surface area contributed by atoms with Gasteiger partial charge in [-0.2, -0.15) is 13.2 Å². The Labute approximate surface area is 189 Å². The van der Waals surface area contributed by atoms with Gasteiger partial charge in [-0.05, 0) is 36.1 Å². The summed E-state index contributed by atoms with van der Waals surface area (Å²) < 4.78 is 42.0. The van der Waals surface area contributed by atoms with Crippen LogP contribution in [0, 0.1) is 0 Å². The molecule has 168 valence electrons. The molecule has 0 radical (unpaired) electrons. The third-order valence-corrected chi connectivity index (χ3v) is 6.65. The predicted octanol–water partition coefficient (Wildman–Crippen LogP) is 6.01. The number of aromatic nitrogens is 2. The third kappa shape index (κ3) is 4.91. The molecular weight excluding hydrogens is 435 g/mol. The van der Waals surface area contributed by atoms with Crippen molar-refractivity contribution in [1.82, 2.24) is 9.97 Å². The van der Waals surface area contributed by atoms with E-state index < -0.39 is 17.8 Å². The zero-order valence-corrected chi connectivity index (χ0v) is 18.6. The maximum atomic E-state index is 14.0. The monoisotopic (exact) mass is 459 g/mol. The number of anilines is 1. The van der Waals surface area contributed by atoms with Crippen LogP contribution in [0.25, 0.3) is 11.3 Å². The number of aliphatic hydroxyl groups is 1. The van der Waals surface area contributed by atoms with Crippen molar-refractivity contribution < 1.29 is 18.3 Å². The molecule has 2 aromatic carbocycles. The standard InChI is InChI=1S/C24H24F3N3OS/c1-15(2)18-5-3-4-6-21(18)32-22-8-7-16(11-19(22)24(25,26)27)20-12-23(29-14-28-20)30-10-9-17(31)13-30/h3-8,11-12,14-15,17,31H,9-10,13H2,1-2H3/t17-/m1/s1. The fourth-order valence-corrected chi connectivity index (χ4v) is 5.02. The van der Waals surface area contributed by atoms with Crippen LogP contribution in [0.5, 0.6) is 0 Å². The van der Waals surface area contributed by atoms with E-state index in [2.05, 4.69) is 9.97 Å². The number of halogens is 3. The van der Waals surface area contributed by atoms with Crippen LogP contribution in [-0.4, -0.2) is 34.3 Å². The maximum Gasteiger partial charge on any atom is 0.417 e. The van der Waals surface area contributed by atoms with E-state index in [0.717, 1.165) is 28.3 Å². The molecule has 4 rings (SSSR count). The summed E-state index contributed by atoms with van der Waals surface area (Å²) >= 11 is 1.13. The Hall–Kier alpha value is -2.58. The average Bonchev–Trinajstić information content (AvgIpc) is 3.20. The molecule has 1 fully saturated rings. The second kappa shape index (κ2) is 9.11. The number of alkyl halides is 3. The lowest BCUT2D eigenvalue weighted by molar-refractivity contribution is -0.139. The zero-order valence-electron chi connectivity index (χ0n) is 17.8. The number of nitrogens with zero attached hydrogens (tertiary/aromatic N) is 3. The number of hydrogen-bond donors (Lipinski definition) is 1.